The van der Waals surface area contributed by atoms with E-state index < -0.39 is 37.3 Å². The van der Waals surface area contributed by atoms with Crippen LogP contribution in [0.2, 0.25) is 0 Å². The molecular formula is C16H23NO6. The van der Waals surface area contributed by atoms with Crippen molar-refractivity contribution in [3.8, 4) is 5.75 Å². The second kappa shape index (κ2) is 7.27. The van der Waals surface area contributed by atoms with Crippen LogP contribution in [0.4, 0.5) is 0 Å². The summed E-state index contributed by atoms with van der Waals surface area (Å²) in [5, 5.41) is 32.0. The van der Waals surface area contributed by atoms with E-state index in [9.17, 15) is 20.1 Å². The van der Waals surface area contributed by atoms with Crippen LogP contribution in [0.25, 0.3) is 0 Å². The van der Waals surface area contributed by atoms with Gasteiger partial charge in [0.2, 0.25) is 12.2 Å². The highest BCUT2D eigenvalue weighted by Crippen LogP contribution is 2.26. The van der Waals surface area contributed by atoms with E-state index in [1.165, 1.54) is 6.92 Å². The summed E-state index contributed by atoms with van der Waals surface area (Å²) < 4.78 is 11.3. The number of hydrogen-bond acceptors (Lipinski definition) is 6. The van der Waals surface area contributed by atoms with Crippen molar-refractivity contribution < 1.29 is 29.6 Å². The monoisotopic (exact) mass is 325 g/mol. The van der Waals surface area contributed by atoms with Crippen molar-refractivity contribution in [1.82, 2.24) is 5.32 Å². The van der Waals surface area contributed by atoms with E-state index in [1.54, 1.807) is 6.07 Å². The van der Waals surface area contributed by atoms with Gasteiger partial charge in [-0.15, -0.1) is 0 Å². The molecule has 1 aliphatic rings. The van der Waals surface area contributed by atoms with Gasteiger partial charge in [0.1, 0.15) is 30.1 Å². The molecule has 1 amide bonds. The van der Waals surface area contributed by atoms with Gasteiger partial charge < -0.3 is 30.1 Å². The quantitative estimate of drug-likeness (QED) is 0.601. The maximum absolute atomic E-state index is 11.4. The topological polar surface area (TPSA) is 108 Å². The molecule has 1 aliphatic heterocycles. The summed E-state index contributed by atoms with van der Waals surface area (Å²) in [4.78, 5) is 11.4. The summed E-state index contributed by atoms with van der Waals surface area (Å²) in [7, 11) is 0. The van der Waals surface area contributed by atoms with Crippen LogP contribution in [0.15, 0.2) is 18.2 Å². The zero-order chi connectivity index (χ0) is 17.1. The Balaban J connectivity index is 2.25. The fourth-order valence-electron chi connectivity index (χ4n) is 2.63. The third kappa shape index (κ3) is 4.00. The Morgan fingerprint density at radius 1 is 1.30 bits per heavy atom. The first-order valence-corrected chi connectivity index (χ1v) is 7.47. The number of hydrogen-bond donors (Lipinski definition) is 4. The molecule has 0 saturated carbocycles. The van der Waals surface area contributed by atoms with Gasteiger partial charge in [-0.3, -0.25) is 4.79 Å². The Labute approximate surface area is 134 Å². The van der Waals surface area contributed by atoms with E-state index in [0.29, 0.717) is 5.75 Å². The largest absolute Gasteiger partial charge is 0.462 e. The molecule has 23 heavy (non-hydrogen) atoms. The highest BCUT2D eigenvalue weighted by molar-refractivity contribution is 5.73. The van der Waals surface area contributed by atoms with Crippen molar-refractivity contribution in [2.45, 2.75) is 51.4 Å². The van der Waals surface area contributed by atoms with Crippen LogP contribution in [0.3, 0.4) is 0 Å². The molecule has 0 aliphatic carbocycles. The molecule has 1 aromatic rings. The molecule has 0 aromatic heterocycles. The zero-order valence-corrected chi connectivity index (χ0v) is 13.4. The van der Waals surface area contributed by atoms with Crippen LogP contribution in [0.1, 0.15) is 18.1 Å². The minimum atomic E-state index is -1.32. The molecule has 7 nitrogen and oxygen atoms in total. The number of carbonyl (C=O) groups is 1. The van der Waals surface area contributed by atoms with Gasteiger partial charge in [-0.2, -0.15) is 0 Å². The van der Waals surface area contributed by atoms with E-state index >= 15 is 0 Å². The van der Waals surface area contributed by atoms with Gasteiger partial charge in [0.05, 0.1) is 6.61 Å². The molecule has 128 valence electrons. The average molecular weight is 325 g/mol. The van der Waals surface area contributed by atoms with Gasteiger partial charge in [0.15, 0.2) is 0 Å². The van der Waals surface area contributed by atoms with E-state index in [0.717, 1.165) is 11.1 Å². The van der Waals surface area contributed by atoms with Crippen molar-refractivity contribution in [1.29, 1.82) is 0 Å². The number of aryl methyl sites for hydroxylation is 2. The van der Waals surface area contributed by atoms with Gasteiger partial charge >= 0.3 is 0 Å². The highest BCUT2D eigenvalue weighted by atomic mass is 16.7. The molecule has 4 N–H and O–H groups in total. The number of ether oxygens (including phenoxy) is 2. The molecule has 7 heteroatoms. The van der Waals surface area contributed by atoms with Crippen LogP contribution in [0, 0.1) is 13.8 Å². The predicted octanol–water partition coefficient (Wildman–Crippen LogP) is -0.374. The van der Waals surface area contributed by atoms with Gasteiger partial charge in [-0.1, -0.05) is 17.7 Å². The molecule has 5 unspecified atom stereocenters. The van der Waals surface area contributed by atoms with Crippen molar-refractivity contribution >= 4 is 5.91 Å². The molecule has 1 aromatic carbocycles. The van der Waals surface area contributed by atoms with Crippen molar-refractivity contribution in [2.24, 2.45) is 0 Å². The SMILES string of the molecule is CC(=O)NC1C(Oc2ccc(C)cc2C)OC(CO)C(O)C1O. The number of aliphatic hydroxyl groups is 3. The van der Waals surface area contributed by atoms with Crippen LogP contribution in [0.5, 0.6) is 5.75 Å². The molecule has 0 bridgehead atoms. The molecule has 5 atom stereocenters. The minimum absolute atomic E-state index is 0.387. The molecule has 1 heterocycles. The summed E-state index contributed by atoms with van der Waals surface area (Å²) in [5.41, 5.74) is 1.94. The van der Waals surface area contributed by atoms with Gasteiger partial charge in [-0.25, -0.2) is 0 Å². The van der Waals surface area contributed by atoms with Crippen molar-refractivity contribution in [2.75, 3.05) is 6.61 Å². The van der Waals surface area contributed by atoms with Crippen LogP contribution in [-0.2, 0) is 9.53 Å². The van der Waals surface area contributed by atoms with E-state index in [2.05, 4.69) is 5.32 Å². The number of carbonyl (C=O) groups excluding carboxylic acids is 1. The molecule has 1 saturated heterocycles. The van der Waals surface area contributed by atoms with Crippen molar-refractivity contribution in [3.05, 3.63) is 29.3 Å². The van der Waals surface area contributed by atoms with Crippen LogP contribution in [-0.4, -0.2) is 58.5 Å². The summed E-state index contributed by atoms with van der Waals surface area (Å²) in [6, 6.07) is 4.61. The minimum Gasteiger partial charge on any atom is -0.462 e. The second-order valence-electron chi connectivity index (χ2n) is 5.82. The second-order valence-corrected chi connectivity index (χ2v) is 5.82. The van der Waals surface area contributed by atoms with E-state index in [1.807, 2.05) is 26.0 Å². The number of rotatable bonds is 4. The number of aliphatic hydroxyl groups excluding tert-OH is 3. The van der Waals surface area contributed by atoms with Gasteiger partial charge in [0.25, 0.3) is 0 Å². The molecule has 0 radical (unpaired) electrons. The molecule has 0 spiro atoms. The lowest BCUT2D eigenvalue weighted by Gasteiger charge is -2.42. The average Bonchev–Trinajstić information content (AvgIpc) is 2.48. The lowest BCUT2D eigenvalue weighted by Crippen LogP contribution is -2.65. The summed E-state index contributed by atoms with van der Waals surface area (Å²) in [5.74, 6) is 0.151. The summed E-state index contributed by atoms with van der Waals surface area (Å²) in [6.45, 7) is 4.65. The van der Waals surface area contributed by atoms with Crippen LogP contribution >= 0.6 is 0 Å². The highest BCUT2D eigenvalue weighted by Gasteiger charge is 2.46. The third-order valence-electron chi connectivity index (χ3n) is 3.82. The summed E-state index contributed by atoms with van der Waals surface area (Å²) in [6.07, 6.45) is -4.67. The Morgan fingerprint density at radius 2 is 2.00 bits per heavy atom. The Hall–Kier alpha value is -1.67. The Kier molecular flexibility index (Phi) is 5.59. The molecular weight excluding hydrogens is 302 g/mol. The van der Waals surface area contributed by atoms with Gasteiger partial charge in [-0.05, 0) is 25.5 Å². The zero-order valence-electron chi connectivity index (χ0n) is 13.4. The molecule has 1 fully saturated rings. The molecule has 2 rings (SSSR count). The van der Waals surface area contributed by atoms with E-state index in [4.69, 9.17) is 9.47 Å². The lowest BCUT2D eigenvalue weighted by molar-refractivity contribution is -0.244. The predicted molar refractivity (Wildman–Crippen MR) is 81.9 cm³/mol. The number of nitrogens with one attached hydrogen (secondary N) is 1. The normalized spacial score (nSPS) is 30.8. The third-order valence-corrected chi connectivity index (χ3v) is 3.82. The maximum atomic E-state index is 11.4. The van der Waals surface area contributed by atoms with Crippen LogP contribution < -0.4 is 10.1 Å². The summed E-state index contributed by atoms with van der Waals surface area (Å²) >= 11 is 0. The fraction of sp³-hybridized carbons (Fsp3) is 0.562. The number of benzene rings is 1. The fourth-order valence-corrected chi connectivity index (χ4v) is 2.63. The van der Waals surface area contributed by atoms with E-state index in [-0.39, 0.29) is 5.91 Å². The Bertz CT molecular complexity index is 564. The first kappa shape index (κ1) is 17.7. The van der Waals surface area contributed by atoms with Gasteiger partial charge in [0, 0.05) is 6.92 Å². The standard InChI is InChI=1S/C16H23NO6/c1-8-4-5-11(9(2)6-8)22-16-13(17-10(3)19)15(21)14(20)12(7-18)23-16/h4-6,12-16,18,20-21H,7H2,1-3H3,(H,17,19). The maximum Gasteiger partial charge on any atom is 0.223 e. The van der Waals surface area contributed by atoms with Crippen molar-refractivity contribution in [3.63, 3.8) is 0 Å². The first-order chi connectivity index (χ1) is 10.8. The number of amides is 1. The lowest BCUT2D eigenvalue weighted by atomic mass is 9.97. The first-order valence-electron chi connectivity index (χ1n) is 7.47. The smallest absolute Gasteiger partial charge is 0.223 e. The Morgan fingerprint density at radius 3 is 2.57 bits per heavy atom.